The van der Waals surface area contributed by atoms with Gasteiger partial charge in [0.2, 0.25) is 0 Å². The van der Waals surface area contributed by atoms with Gasteiger partial charge in [0, 0.05) is 22.5 Å². The van der Waals surface area contributed by atoms with Crippen LogP contribution in [-0.2, 0) is 5.41 Å². The smallest absolute Gasteiger partial charge is 0.0465 e. The van der Waals surface area contributed by atoms with Gasteiger partial charge in [-0.2, -0.15) is 0 Å². The number of nitrogens with zero attached hydrogens (tertiary/aromatic N) is 1. The third-order valence-corrected chi connectivity index (χ3v) is 15.1. The molecule has 0 spiro atoms. The van der Waals surface area contributed by atoms with Crippen molar-refractivity contribution in [1.82, 2.24) is 0 Å². The summed E-state index contributed by atoms with van der Waals surface area (Å²) < 4.78 is 0. The molecule has 2 bridgehead atoms. The van der Waals surface area contributed by atoms with Crippen molar-refractivity contribution in [3.8, 4) is 22.3 Å². The molecule has 5 aromatic rings. The Hall–Kier alpha value is -4.10. The first-order valence-corrected chi connectivity index (χ1v) is 21.9. The molecule has 0 amide bonds. The Morgan fingerprint density at radius 1 is 0.481 bits per heavy atom. The quantitative estimate of drug-likeness (QED) is 0.163. The minimum absolute atomic E-state index is 0.0978. The molecule has 1 atom stereocenters. The van der Waals surface area contributed by atoms with Gasteiger partial charge in [-0.1, -0.05) is 138 Å². The molecule has 6 aliphatic rings. The predicted molar refractivity (Wildman–Crippen MR) is 229 cm³/mol. The third kappa shape index (κ3) is 6.15. The van der Waals surface area contributed by atoms with Crippen LogP contribution in [0.4, 0.5) is 17.1 Å². The Morgan fingerprint density at radius 2 is 1.04 bits per heavy atom. The second-order valence-electron chi connectivity index (χ2n) is 18.5. The van der Waals surface area contributed by atoms with Crippen LogP contribution in [0, 0.1) is 11.8 Å². The Balaban J connectivity index is 1.02. The fourth-order valence-electron chi connectivity index (χ4n) is 12.0. The van der Waals surface area contributed by atoms with Gasteiger partial charge >= 0.3 is 0 Å². The summed E-state index contributed by atoms with van der Waals surface area (Å²) in [6, 6.07) is 43.5. The van der Waals surface area contributed by atoms with Gasteiger partial charge in [0.1, 0.15) is 0 Å². The van der Waals surface area contributed by atoms with Crippen molar-refractivity contribution in [2.24, 2.45) is 11.8 Å². The van der Waals surface area contributed by atoms with Gasteiger partial charge in [-0.3, -0.25) is 0 Å². The average Bonchev–Trinajstić information content (AvgIpc) is 3.48. The molecule has 0 heterocycles. The number of anilines is 3. The van der Waals surface area contributed by atoms with Gasteiger partial charge in [-0.05, 0) is 161 Å². The maximum Gasteiger partial charge on any atom is 0.0465 e. The van der Waals surface area contributed by atoms with Crippen molar-refractivity contribution in [3.05, 3.63) is 137 Å². The van der Waals surface area contributed by atoms with Crippen LogP contribution in [0.3, 0.4) is 0 Å². The van der Waals surface area contributed by atoms with Crippen molar-refractivity contribution in [2.75, 3.05) is 4.90 Å². The highest BCUT2D eigenvalue weighted by Gasteiger charge is 2.38. The zero-order chi connectivity index (χ0) is 36.2. The van der Waals surface area contributed by atoms with E-state index in [0.717, 1.165) is 23.7 Å². The maximum atomic E-state index is 2.53. The van der Waals surface area contributed by atoms with Crippen LogP contribution in [0.1, 0.15) is 156 Å². The van der Waals surface area contributed by atoms with Crippen LogP contribution in [0.25, 0.3) is 22.3 Å². The first-order chi connectivity index (χ1) is 26.5. The summed E-state index contributed by atoms with van der Waals surface area (Å²) in [4.78, 5) is 2.53. The monoisotopic (exact) mass is 709 g/mol. The van der Waals surface area contributed by atoms with Crippen LogP contribution in [0.5, 0.6) is 0 Å². The van der Waals surface area contributed by atoms with Crippen LogP contribution in [0.15, 0.2) is 109 Å². The minimum Gasteiger partial charge on any atom is -0.310 e. The van der Waals surface area contributed by atoms with E-state index in [9.17, 15) is 0 Å². The van der Waals surface area contributed by atoms with Crippen LogP contribution in [0.2, 0.25) is 0 Å². The van der Waals surface area contributed by atoms with E-state index in [1.807, 2.05) is 0 Å². The Morgan fingerprint density at radius 3 is 1.61 bits per heavy atom. The van der Waals surface area contributed by atoms with E-state index >= 15 is 0 Å². The Bertz CT molecular complexity index is 2080. The molecule has 0 N–H and O–H groups in total. The molecule has 54 heavy (non-hydrogen) atoms. The summed E-state index contributed by atoms with van der Waals surface area (Å²) in [6.45, 7) is 4.88. The summed E-state index contributed by atoms with van der Waals surface area (Å²) in [5.74, 6) is 4.01. The summed E-state index contributed by atoms with van der Waals surface area (Å²) in [5.41, 5.74) is 16.7. The molecule has 0 aliphatic heterocycles. The zero-order valence-corrected chi connectivity index (χ0v) is 32.8. The molecule has 1 unspecified atom stereocenters. The normalized spacial score (nSPS) is 23.6. The van der Waals surface area contributed by atoms with Gasteiger partial charge in [-0.15, -0.1) is 0 Å². The molecular formula is C53H59N. The minimum atomic E-state index is -0.0978. The second-order valence-corrected chi connectivity index (χ2v) is 18.5. The van der Waals surface area contributed by atoms with Crippen LogP contribution in [-0.4, -0.2) is 0 Å². The molecular weight excluding hydrogens is 651 g/mol. The number of rotatable bonds is 7. The molecule has 5 fully saturated rings. The highest BCUT2D eigenvalue weighted by atomic mass is 15.1. The van der Waals surface area contributed by atoms with Gasteiger partial charge < -0.3 is 4.90 Å². The molecule has 0 saturated heterocycles. The molecule has 0 aromatic heterocycles. The fraction of sp³-hybridized carbons (Fsp3) is 0.434. The topological polar surface area (TPSA) is 3.24 Å². The summed E-state index contributed by atoms with van der Waals surface area (Å²) in [7, 11) is 0. The zero-order valence-electron chi connectivity index (χ0n) is 32.8. The Kier molecular flexibility index (Phi) is 9.04. The van der Waals surface area contributed by atoms with Gasteiger partial charge in [0.25, 0.3) is 0 Å². The predicted octanol–water partition coefficient (Wildman–Crippen LogP) is 15.5. The number of fused-ring (bicyclic) bond motifs is 6. The van der Waals surface area contributed by atoms with Gasteiger partial charge in [0.15, 0.2) is 0 Å². The van der Waals surface area contributed by atoms with E-state index in [1.165, 1.54) is 158 Å². The molecule has 5 aromatic carbocycles. The average molecular weight is 710 g/mol. The van der Waals surface area contributed by atoms with Crippen molar-refractivity contribution in [2.45, 2.75) is 133 Å². The first kappa shape index (κ1) is 34.4. The molecule has 11 rings (SSSR count). The number of hydrogen-bond donors (Lipinski definition) is 0. The van der Waals surface area contributed by atoms with Crippen LogP contribution >= 0.6 is 0 Å². The first-order valence-electron chi connectivity index (χ1n) is 21.9. The van der Waals surface area contributed by atoms with Crippen molar-refractivity contribution in [3.63, 3.8) is 0 Å². The van der Waals surface area contributed by atoms with Gasteiger partial charge in [-0.25, -0.2) is 0 Å². The second kappa shape index (κ2) is 14.2. The summed E-state index contributed by atoms with van der Waals surface area (Å²) in [5, 5.41) is 0. The lowest BCUT2D eigenvalue weighted by Gasteiger charge is -2.42. The van der Waals surface area contributed by atoms with Crippen LogP contribution < -0.4 is 4.90 Å². The molecule has 5 saturated carbocycles. The molecule has 0 radical (unpaired) electrons. The Labute approximate surface area is 325 Å². The van der Waals surface area contributed by atoms with E-state index in [4.69, 9.17) is 0 Å². The number of hydrogen-bond acceptors (Lipinski definition) is 1. The third-order valence-electron chi connectivity index (χ3n) is 15.1. The molecule has 6 aliphatic carbocycles. The van der Waals surface area contributed by atoms with E-state index in [1.54, 1.807) is 5.56 Å². The van der Waals surface area contributed by atoms with Gasteiger partial charge in [0.05, 0.1) is 0 Å². The van der Waals surface area contributed by atoms with E-state index in [-0.39, 0.29) is 5.41 Å². The highest BCUT2D eigenvalue weighted by Crippen LogP contribution is 2.54. The highest BCUT2D eigenvalue weighted by molar-refractivity contribution is 5.94. The van der Waals surface area contributed by atoms with Crippen molar-refractivity contribution < 1.29 is 0 Å². The molecule has 1 heteroatoms. The summed E-state index contributed by atoms with van der Waals surface area (Å²) in [6.07, 6.45) is 20.8. The van der Waals surface area contributed by atoms with E-state index in [2.05, 4.69) is 128 Å². The lowest BCUT2D eigenvalue weighted by atomic mass is 9.63. The van der Waals surface area contributed by atoms with Crippen molar-refractivity contribution in [1.29, 1.82) is 0 Å². The van der Waals surface area contributed by atoms with Crippen molar-refractivity contribution >= 4 is 17.1 Å². The largest absolute Gasteiger partial charge is 0.310 e. The lowest BCUT2D eigenvalue weighted by Crippen LogP contribution is -2.29. The molecule has 1 nitrogen and oxygen atoms in total. The standard InChI is InChI=1S/C53H59N/c1-53(2)50-15-9-14-47(41-22-20-39(21-23-41)37-10-5-3-6-11-37)52(50)48-33-32-46(35-51(48)53)54(44-28-24-40(25-29-44)38-12-7-4-8-13-38)45-30-26-43(27-31-45)49-34-36-16-18-42(49)19-17-36/h9,14-15,20-33,35-38,42,49H,3-8,10-13,16-19,34H2,1-2H3. The summed E-state index contributed by atoms with van der Waals surface area (Å²) >= 11 is 0. The fourth-order valence-corrected chi connectivity index (χ4v) is 12.0. The lowest BCUT2D eigenvalue weighted by molar-refractivity contribution is 0.145. The maximum absolute atomic E-state index is 2.53. The SMILES string of the molecule is CC1(C)c2cc(N(c3ccc(C4CCCCC4)cc3)c3ccc(C4CC5CCC4CC5)cc3)ccc2-c2c(-c3ccc(C4CCCCC4)cc3)cccc21. The van der Waals surface area contributed by atoms with E-state index in [0.29, 0.717) is 5.92 Å². The number of benzene rings is 5. The van der Waals surface area contributed by atoms with E-state index < -0.39 is 0 Å². The molecule has 276 valence electrons.